The lowest BCUT2D eigenvalue weighted by Gasteiger charge is -2.21. The van der Waals surface area contributed by atoms with Crippen molar-refractivity contribution in [3.05, 3.63) is 35.4 Å². The lowest BCUT2D eigenvalue weighted by atomic mass is 9.93. The van der Waals surface area contributed by atoms with Gasteiger partial charge < -0.3 is 10.4 Å². The number of hydrogen-bond donors (Lipinski definition) is 2. The second-order valence-corrected chi connectivity index (χ2v) is 4.36. The van der Waals surface area contributed by atoms with Crippen LogP contribution in [0.1, 0.15) is 30.4 Å². The normalized spacial score (nSPS) is 19.5. The van der Waals surface area contributed by atoms with Crippen molar-refractivity contribution in [3.8, 4) is 0 Å². The van der Waals surface area contributed by atoms with E-state index in [0.717, 1.165) is 18.4 Å². The largest absolute Gasteiger partial charge is 0.480 e. The van der Waals surface area contributed by atoms with E-state index in [0.29, 0.717) is 0 Å². The summed E-state index contributed by atoms with van der Waals surface area (Å²) in [6.45, 7) is 1.34. The SMILES string of the molecule is CC(=O)N[C@H](C(=O)O)[C@H]1CCc2ccccc21. The Morgan fingerprint density at radius 3 is 2.76 bits per heavy atom. The van der Waals surface area contributed by atoms with Crippen molar-refractivity contribution in [1.29, 1.82) is 0 Å². The molecule has 0 heterocycles. The number of carboxylic acid groups (broad SMARTS) is 1. The number of amides is 1. The molecule has 0 saturated heterocycles. The molecular formula is C13H15NO3. The molecule has 2 atom stereocenters. The molecule has 1 aromatic carbocycles. The van der Waals surface area contributed by atoms with Crippen LogP contribution in [-0.4, -0.2) is 23.0 Å². The molecule has 1 aromatic rings. The van der Waals surface area contributed by atoms with E-state index in [2.05, 4.69) is 5.32 Å². The Balaban J connectivity index is 2.27. The molecule has 0 spiro atoms. The van der Waals surface area contributed by atoms with E-state index < -0.39 is 12.0 Å². The molecule has 1 amide bonds. The maximum Gasteiger partial charge on any atom is 0.326 e. The summed E-state index contributed by atoms with van der Waals surface area (Å²) in [6.07, 6.45) is 1.65. The Morgan fingerprint density at radius 2 is 2.12 bits per heavy atom. The van der Waals surface area contributed by atoms with Crippen molar-refractivity contribution in [1.82, 2.24) is 5.32 Å². The molecule has 0 aliphatic heterocycles. The maximum atomic E-state index is 11.2. The van der Waals surface area contributed by atoms with Gasteiger partial charge in [0.25, 0.3) is 0 Å². The standard InChI is InChI=1S/C13H15NO3/c1-8(15)14-12(13(16)17)11-7-6-9-4-2-3-5-10(9)11/h2-5,11-12H,6-7H2,1H3,(H,14,15)(H,16,17)/t11-,12-/m0/s1. The Hall–Kier alpha value is -1.84. The van der Waals surface area contributed by atoms with E-state index in [-0.39, 0.29) is 11.8 Å². The summed E-state index contributed by atoms with van der Waals surface area (Å²) in [5.41, 5.74) is 2.24. The summed E-state index contributed by atoms with van der Waals surface area (Å²) >= 11 is 0. The van der Waals surface area contributed by atoms with Gasteiger partial charge in [-0.25, -0.2) is 4.79 Å². The van der Waals surface area contributed by atoms with Gasteiger partial charge in [0.05, 0.1) is 0 Å². The number of carbonyl (C=O) groups is 2. The molecule has 17 heavy (non-hydrogen) atoms. The lowest BCUT2D eigenvalue weighted by molar-refractivity contribution is -0.142. The van der Waals surface area contributed by atoms with E-state index in [9.17, 15) is 14.7 Å². The third-order valence-corrected chi connectivity index (χ3v) is 3.21. The smallest absolute Gasteiger partial charge is 0.326 e. The molecular weight excluding hydrogens is 218 g/mol. The summed E-state index contributed by atoms with van der Waals surface area (Å²) in [6, 6.07) is 7.00. The number of carboxylic acids is 1. The first kappa shape index (κ1) is 11.6. The number of aliphatic carboxylic acids is 1. The summed E-state index contributed by atoms with van der Waals surface area (Å²) in [7, 11) is 0. The molecule has 4 nitrogen and oxygen atoms in total. The molecule has 1 aliphatic carbocycles. The van der Waals surface area contributed by atoms with Gasteiger partial charge >= 0.3 is 5.97 Å². The molecule has 0 bridgehead atoms. The van der Waals surface area contributed by atoms with Gasteiger partial charge in [-0.3, -0.25) is 4.79 Å². The topological polar surface area (TPSA) is 66.4 Å². The van der Waals surface area contributed by atoms with Gasteiger partial charge in [0.15, 0.2) is 0 Å². The highest BCUT2D eigenvalue weighted by atomic mass is 16.4. The van der Waals surface area contributed by atoms with Crippen molar-refractivity contribution in [2.45, 2.75) is 31.7 Å². The molecule has 0 radical (unpaired) electrons. The Labute approximate surface area is 99.6 Å². The fourth-order valence-corrected chi connectivity index (χ4v) is 2.49. The van der Waals surface area contributed by atoms with Crippen molar-refractivity contribution in [2.24, 2.45) is 0 Å². The third-order valence-electron chi connectivity index (χ3n) is 3.21. The number of rotatable bonds is 3. The Morgan fingerprint density at radius 1 is 1.41 bits per heavy atom. The van der Waals surface area contributed by atoms with Gasteiger partial charge in [0, 0.05) is 12.8 Å². The fourth-order valence-electron chi connectivity index (χ4n) is 2.49. The zero-order valence-electron chi connectivity index (χ0n) is 9.64. The van der Waals surface area contributed by atoms with Gasteiger partial charge in [-0.1, -0.05) is 24.3 Å². The average molecular weight is 233 g/mol. The Bertz CT molecular complexity index is 456. The molecule has 4 heteroatoms. The zero-order chi connectivity index (χ0) is 12.4. The van der Waals surface area contributed by atoms with Crippen LogP contribution < -0.4 is 5.32 Å². The number of hydrogen-bond acceptors (Lipinski definition) is 2. The highest BCUT2D eigenvalue weighted by molar-refractivity contribution is 5.83. The number of fused-ring (bicyclic) bond motifs is 1. The average Bonchev–Trinajstić information content (AvgIpc) is 2.69. The van der Waals surface area contributed by atoms with Gasteiger partial charge in [-0.15, -0.1) is 0 Å². The molecule has 2 rings (SSSR count). The molecule has 1 aliphatic rings. The number of nitrogens with one attached hydrogen (secondary N) is 1. The minimum Gasteiger partial charge on any atom is -0.480 e. The highest BCUT2D eigenvalue weighted by Gasteiger charge is 2.34. The summed E-state index contributed by atoms with van der Waals surface area (Å²) < 4.78 is 0. The van der Waals surface area contributed by atoms with Crippen LogP contribution in [0.15, 0.2) is 24.3 Å². The molecule has 0 saturated carbocycles. The first-order chi connectivity index (χ1) is 8.09. The fraction of sp³-hybridized carbons (Fsp3) is 0.385. The quantitative estimate of drug-likeness (QED) is 0.827. The highest BCUT2D eigenvalue weighted by Crippen LogP contribution is 2.35. The molecule has 0 unspecified atom stereocenters. The van der Waals surface area contributed by atoms with Crippen LogP contribution in [0.4, 0.5) is 0 Å². The minimum absolute atomic E-state index is 0.118. The van der Waals surface area contributed by atoms with Crippen molar-refractivity contribution >= 4 is 11.9 Å². The lowest BCUT2D eigenvalue weighted by Crippen LogP contribution is -2.43. The first-order valence-electron chi connectivity index (χ1n) is 5.67. The summed E-state index contributed by atoms with van der Waals surface area (Å²) in [4.78, 5) is 22.3. The third kappa shape index (κ3) is 2.30. The van der Waals surface area contributed by atoms with Gasteiger partial charge in [-0.2, -0.15) is 0 Å². The number of carbonyl (C=O) groups excluding carboxylic acids is 1. The van der Waals surface area contributed by atoms with Crippen LogP contribution in [-0.2, 0) is 16.0 Å². The Kier molecular flexibility index (Phi) is 3.13. The van der Waals surface area contributed by atoms with E-state index >= 15 is 0 Å². The van der Waals surface area contributed by atoms with Crippen molar-refractivity contribution in [2.75, 3.05) is 0 Å². The first-order valence-corrected chi connectivity index (χ1v) is 5.67. The van der Waals surface area contributed by atoms with Crippen LogP contribution in [0.25, 0.3) is 0 Å². The van der Waals surface area contributed by atoms with E-state index in [1.165, 1.54) is 12.5 Å². The van der Waals surface area contributed by atoms with Crippen LogP contribution >= 0.6 is 0 Å². The summed E-state index contributed by atoms with van der Waals surface area (Å²) in [5, 5.41) is 11.7. The number of benzene rings is 1. The maximum absolute atomic E-state index is 11.2. The number of aryl methyl sites for hydroxylation is 1. The van der Waals surface area contributed by atoms with E-state index in [4.69, 9.17) is 0 Å². The molecule has 90 valence electrons. The van der Waals surface area contributed by atoms with E-state index in [1.807, 2.05) is 24.3 Å². The van der Waals surface area contributed by atoms with Crippen LogP contribution in [0, 0.1) is 0 Å². The second-order valence-electron chi connectivity index (χ2n) is 4.36. The van der Waals surface area contributed by atoms with Gasteiger partial charge in [0.1, 0.15) is 6.04 Å². The predicted octanol–water partition coefficient (Wildman–Crippen LogP) is 1.31. The monoisotopic (exact) mass is 233 g/mol. The minimum atomic E-state index is -0.970. The molecule has 2 N–H and O–H groups in total. The van der Waals surface area contributed by atoms with Crippen LogP contribution in [0.3, 0.4) is 0 Å². The van der Waals surface area contributed by atoms with Crippen molar-refractivity contribution < 1.29 is 14.7 Å². The second kappa shape index (κ2) is 4.57. The zero-order valence-corrected chi connectivity index (χ0v) is 9.64. The summed E-state index contributed by atoms with van der Waals surface area (Å²) in [5.74, 6) is -1.39. The van der Waals surface area contributed by atoms with Gasteiger partial charge in [-0.05, 0) is 24.0 Å². The van der Waals surface area contributed by atoms with Crippen LogP contribution in [0.2, 0.25) is 0 Å². The van der Waals surface area contributed by atoms with Crippen LogP contribution in [0.5, 0.6) is 0 Å². The van der Waals surface area contributed by atoms with Gasteiger partial charge in [0.2, 0.25) is 5.91 Å². The molecule has 0 aromatic heterocycles. The molecule has 0 fully saturated rings. The van der Waals surface area contributed by atoms with Crippen molar-refractivity contribution in [3.63, 3.8) is 0 Å². The predicted molar refractivity (Wildman–Crippen MR) is 62.7 cm³/mol. The van der Waals surface area contributed by atoms with E-state index in [1.54, 1.807) is 0 Å².